The Balaban J connectivity index is 1.50. The van der Waals surface area contributed by atoms with Gasteiger partial charge in [-0.25, -0.2) is 4.98 Å². The molecule has 4 aromatic rings. The van der Waals surface area contributed by atoms with Gasteiger partial charge in [0.25, 0.3) is 5.56 Å². The Bertz CT molecular complexity index is 1580. The maximum atomic E-state index is 13.4. The van der Waals surface area contributed by atoms with Crippen molar-refractivity contribution in [3.05, 3.63) is 108 Å². The van der Waals surface area contributed by atoms with Crippen LogP contribution in [-0.4, -0.2) is 20.8 Å². The van der Waals surface area contributed by atoms with E-state index in [1.54, 1.807) is 36.4 Å². The summed E-state index contributed by atoms with van der Waals surface area (Å²) in [6, 6.07) is 17.0. The molecule has 1 fully saturated rings. The molecule has 1 aromatic heterocycles. The van der Waals surface area contributed by atoms with E-state index in [2.05, 4.69) is 5.10 Å². The van der Waals surface area contributed by atoms with Gasteiger partial charge < -0.3 is 4.74 Å². The first-order valence-electron chi connectivity index (χ1n) is 12.3. The Morgan fingerprint density at radius 2 is 1.82 bits per heavy atom. The highest BCUT2D eigenvalue weighted by molar-refractivity contribution is 6.32. The molecule has 0 unspecified atom stereocenters. The summed E-state index contributed by atoms with van der Waals surface area (Å²) in [5.74, 6) is 0.670. The summed E-state index contributed by atoms with van der Waals surface area (Å²) in [5, 5.41) is 17.4. The number of nitrogens with zero attached hydrogens (tertiary/aromatic N) is 4. The number of benzene rings is 3. The highest BCUT2D eigenvalue weighted by Gasteiger charge is 2.23. The van der Waals surface area contributed by atoms with Gasteiger partial charge in [0.05, 0.1) is 27.1 Å². The van der Waals surface area contributed by atoms with Gasteiger partial charge in [0, 0.05) is 22.6 Å². The van der Waals surface area contributed by atoms with E-state index in [9.17, 15) is 14.9 Å². The zero-order valence-corrected chi connectivity index (χ0v) is 21.9. The van der Waals surface area contributed by atoms with Crippen LogP contribution in [0.5, 0.6) is 5.75 Å². The normalized spacial score (nSPS) is 14.3. The third-order valence-electron chi connectivity index (χ3n) is 6.61. The molecule has 0 spiro atoms. The third kappa shape index (κ3) is 5.56. The summed E-state index contributed by atoms with van der Waals surface area (Å²) >= 11 is 12.3. The second kappa shape index (κ2) is 11.3. The van der Waals surface area contributed by atoms with Crippen molar-refractivity contribution >= 4 is 46.0 Å². The van der Waals surface area contributed by atoms with Crippen LogP contribution in [0.2, 0.25) is 10.0 Å². The van der Waals surface area contributed by atoms with Crippen LogP contribution in [0.25, 0.3) is 10.9 Å². The molecule has 1 aliphatic rings. The van der Waals surface area contributed by atoms with E-state index in [-0.39, 0.29) is 34.5 Å². The minimum absolute atomic E-state index is 0.0452. The van der Waals surface area contributed by atoms with Crippen LogP contribution in [0.15, 0.2) is 70.6 Å². The van der Waals surface area contributed by atoms with Crippen molar-refractivity contribution in [1.29, 1.82) is 0 Å². The fourth-order valence-electron chi connectivity index (χ4n) is 4.69. The van der Waals surface area contributed by atoms with E-state index in [4.69, 9.17) is 32.9 Å². The van der Waals surface area contributed by atoms with Crippen molar-refractivity contribution in [2.75, 3.05) is 0 Å². The SMILES string of the molecule is O=c1c2ccccc2nc(C2CCCCC2)n1N=Cc1cc(Cl)c(OCc2ccc(Cl)cc2)c([N+](=O)[O-])c1. The quantitative estimate of drug-likeness (QED) is 0.138. The fourth-order valence-corrected chi connectivity index (χ4v) is 5.09. The van der Waals surface area contributed by atoms with Crippen molar-refractivity contribution in [2.45, 2.75) is 44.6 Å². The molecule has 1 heterocycles. The smallest absolute Gasteiger partial charge is 0.313 e. The monoisotopic (exact) mass is 550 g/mol. The number of fused-ring (bicyclic) bond motifs is 1. The first-order valence-corrected chi connectivity index (χ1v) is 13.1. The zero-order valence-electron chi connectivity index (χ0n) is 20.3. The lowest BCUT2D eigenvalue weighted by Crippen LogP contribution is -2.25. The molecule has 1 saturated carbocycles. The molecule has 0 amide bonds. The van der Waals surface area contributed by atoms with Crippen LogP contribution in [0.1, 0.15) is 55.0 Å². The maximum Gasteiger partial charge on any atom is 0.313 e. The molecule has 10 heteroatoms. The van der Waals surface area contributed by atoms with Crippen LogP contribution < -0.4 is 10.3 Å². The van der Waals surface area contributed by atoms with Gasteiger partial charge in [-0.15, -0.1) is 0 Å². The Hall–Kier alpha value is -3.75. The predicted octanol–water partition coefficient (Wildman–Crippen LogP) is 7.12. The third-order valence-corrected chi connectivity index (χ3v) is 7.14. The number of halogens is 2. The second-order valence-electron chi connectivity index (χ2n) is 9.21. The molecule has 5 rings (SSSR count). The molecule has 0 aliphatic heterocycles. The van der Waals surface area contributed by atoms with Gasteiger partial charge in [0.1, 0.15) is 12.4 Å². The number of hydrogen-bond donors (Lipinski definition) is 0. The Kier molecular flexibility index (Phi) is 7.72. The fraction of sp³-hybridized carbons (Fsp3) is 0.250. The van der Waals surface area contributed by atoms with Crippen LogP contribution in [0, 0.1) is 10.1 Å². The standard InChI is InChI=1S/C28H24Cl2N4O4/c29-21-12-10-18(11-13-21)17-38-26-23(30)14-19(15-25(26)34(36)37)16-31-33-27(20-6-2-1-3-7-20)32-24-9-5-4-8-22(24)28(33)35/h4-5,8-16,20H,1-3,6-7,17H2. The van der Waals surface area contributed by atoms with Crippen molar-refractivity contribution < 1.29 is 9.66 Å². The first kappa shape index (κ1) is 25.9. The van der Waals surface area contributed by atoms with Gasteiger partial charge >= 0.3 is 5.69 Å². The molecule has 0 radical (unpaired) electrons. The van der Waals surface area contributed by atoms with E-state index >= 15 is 0 Å². The Morgan fingerprint density at radius 3 is 2.55 bits per heavy atom. The molecule has 0 bridgehead atoms. The largest absolute Gasteiger partial charge is 0.481 e. The number of rotatable bonds is 7. The molecule has 0 saturated heterocycles. The van der Waals surface area contributed by atoms with Crippen molar-refractivity contribution in [3.63, 3.8) is 0 Å². The van der Waals surface area contributed by atoms with E-state index < -0.39 is 4.92 Å². The van der Waals surface area contributed by atoms with E-state index in [0.29, 0.717) is 27.3 Å². The summed E-state index contributed by atoms with van der Waals surface area (Å²) < 4.78 is 7.03. The van der Waals surface area contributed by atoms with Gasteiger partial charge in [0.15, 0.2) is 0 Å². The molecular weight excluding hydrogens is 527 g/mol. The lowest BCUT2D eigenvalue weighted by Gasteiger charge is -2.22. The first-order chi connectivity index (χ1) is 18.4. The van der Waals surface area contributed by atoms with Gasteiger partial charge in [0.2, 0.25) is 5.75 Å². The number of aromatic nitrogens is 2. The molecule has 8 nitrogen and oxygen atoms in total. The minimum Gasteiger partial charge on any atom is -0.481 e. The summed E-state index contributed by atoms with van der Waals surface area (Å²) in [5.41, 5.74) is 1.18. The van der Waals surface area contributed by atoms with E-state index in [1.165, 1.54) is 23.0 Å². The van der Waals surface area contributed by atoms with Crippen LogP contribution in [0.3, 0.4) is 0 Å². The number of ether oxygens (including phenoxy) is 1. The number of para-hydroxylation sites is 1. The Labute approximate surface area is 228 Å². The number of nitro groups is 1. The predicted molar refractivity (Wildman–Crippen MR) is 149 cm³/mol. The minimum atomic E-state index is -0.558. The van der Waals surface area contributed by atoms with Gasteiger partial charge in [-0.1, -0.05) is 66.7 Å². The van der Waals surface area contributed by atoms with Gasteiger partial charge in [-0.2, -0.15) is 9.78 Å². The van der Waals surface area contributed by atoms with Crippen molar-refractivity contribution in [3.8, 4) is 5.75 Å². The second-order valence-corrected chi connectivity index (χ2v) is 10.1. The molecule has 0 N–H and O–H groups in total. The maximum absolute atomic E-state index is 13.4. The van der Waals surface area contributed by atoms with Crippen molar-refractivity contribution in [1.82, 2.24) is 9.66 Å². The lowest BCUT2D eigenvalue weighted by atomic mass is 9.88. The van der Waals surface area contributed by atoms with E-state index in [1.807, 2.05) is 12.1 Å². The van der Waals surface area contributed by atoms with Crippen LogP contribution in [0.4, 0.5) is 5.69 Å². The Morgan fingerprint density at radius 1 is 1.08 bits per heavy atom. The molecule has 1 aliphatic carbocycles. The zero-order chi connectivity index (χ0) is 26.6. The van der Waals surface area contributed by atoms with Crippen LogP contribution in [-0.2, 0) is 6.61 Å². The molecular formula is C28H24Cl2N4O4. The summed E-state index contributed by atoms with van der Waals surface area (Å²) in [4.78, 5) is 29.5. The average Bonchev–Trinajstić information content (AvgIpc) is 2.93. The van der Waals surface area contributed by atoms with Gasteiger partial charge in [-0.05, 0) is 48.7 Å². The summed E-state index contributed by atoms with van der Waals surface area (Å²) in [6.45, 7) is 0.0774. The number of hydrogen-bond acceptors (Lipinski definition) is 6. The van der Waals surface area contributed by atoms with Crippen molar-refractivity contribution in [2.24, 2.45) is 5.10 Å². The molecule has 0 atom stereocenters. The molecule has 38 heavy (non-hydrogen) atoms. The highest BCUT2D eigenvalue weighted by atomic mass is 35.5. The molecule has 3 aromatic carbocycles. The number of nitro benzene ring substituents is 1. The lowest BCUT2D eigenvalue weighted by molar-refractivity contribution is -0.385. The highest BCUT2D eigenvalue weighted by Crippen LogP contribution is 2.37. The average molecular weight is 551 g/mol. The van der Waals surface area contributed by atoms with Crippen LogP contribution >= 0.6 is 23.2 Å². The summed E-state index contributed by atoms with van der Waals surface area (Å²) in [6.07, 6.45) is 6.54. The topological polar surface area (TPSA) is 99.6 Å². The van der Waals surface area contributed by atoms with E-state index in [0.717, 1.165) is 37.7 Å². The van der Waals surface area contributed by atoms with Gasteiger partial charge in [-0.3, -0.25) is 14.9 Å². The molecule has 194 valence electrons. The summed E-state index contributed by atoms with van der Waals surface area (Å²) in [7, 11) is 0.